The highest BCUT2D eigenvalue weighted by molar-refractivity contribution is 7.99. The van der Waals surface area contributed by atoms with E-state index in [4.69, 9.17) is 23.2 Å². The molecule has 0 saturated carbocycles. The van der Waals surface area contributed by atoms with Gasteiger partial charge < -0.3 is 0 Å². The summed E-state index contributed by atoms with van der Waals surface area (Å²) < 4.78 is 0. The summed E-state index contributed by atoms with van der Waals surface area (Å²) in [6.45, 7) is 4.28. The van der Waals surface area contributed by atoms with Crippen molar-refractivity contribution in [2.75, 3.05) is 5.75 Å². The van der Waals surface area contributed by atoms with Crippen molar-refractivity contribution in [2.24, 2.45) is 0 Å². The van der Waals surface area contributed by atoms with Crippen molar-refractivity contribution in [1.82, 2.24) is 0 Å². The molecule has 0 aliphatic rings. The van der Waals surface area contributed by atoms with Crippen molar-refractivity contribution in [2.45, 2.75) is 57.6 Å². The Balaban J connectivity index is 2.62. The largest absolute Gasteiger partial charge is 0.300 e. The van der Waals surface area contributed by atoms with Crippen LogP contribution < -0.4 is 0 Å². The molecule has 21 heavy (non-hydrogen) atoms. The highest BCUT2D eigenvalue weighted by Gasteiger charge is 2.18. The van der Waals surface area contributed by atoms with E-state index in [1.165, 1.54) is 12.8 Å². The summed E-state index contributed by atoms with van der Waals surface area (Å²) in [5, 5.41) is 1.43. The quantitative estimate of drug-likeness (QED) is 0.437. The van der Waals surface area contributed by atoms with Gasteiger partial charge >= 0.3 is 0 Å². The molecule has 0 N–H and O–H groups in total. The number of halogens is 2. The van der Waals surface area contributed by atoms with Crippen LogP contribution in [0.4, 0.5) is 0 Å². The lowest BCUT2D eigenvalue weighted by molar-refractivity contribution is -0.119. The second-order valence-corrected chi connectivity index (χ2v) is 7.49. The minimum atomic E-state index is 0.137. The molecule has 0 fully saturated rings. The monoisotopic (exact) mass is 346 g/mol. The fourth-order valence-corrected chi connectivity index (χ4v) is 3.98. The third-order valence-electron chi connectivity index (χ3n) is 3.40. The Labute approximate surface area is 142 Å². The zero-order chi connectivity index (χ0) is 15.7. The Morgan fingerprint density at radius 1 is 1.19 bits per heavy atom. The van der Waals surface area contributed by atoms with Crippen molar-refractivity contribution in [3.63, 3.8) is 0 Å². The standard InChI is InChI=1S/C17H24Cl2OS/c1-3-5-6-7-8-14(20)12-17(21-4-2)15-10-9-13(18)11-16(15)19/h9-11,17H,3-8,12H2,1-2H3/t17-/m1/s1. The van der Waals surface area contributed by atoms with Crippen LogP contribution in [-0.2, 0) is 4.79 Å². The predicted octanol–water partition coefficient (Wildman–Crippen LogP) is 6.72. The number of benzene rings is 1. The molecule has 0 aliphatic heterocycles. The van der Waals surface area contributed by atoms with E-state index < -0.39 is 0 Å². The maximum absolute atomic E-state index is 12.2. The third kappa shape index (κ3) is 7.08. The van der Waals surface area contributed by atoms with Crippen LogP contribution in [-0.4, -0.2) is 11.5 Å². The van der Waals surface area contributed by atoms with Crippen LogP contribution in [0, 0.1) is 0 Å². The molecule has 0 amide bonds. The highest BCUT2D eigenvalue weighted by Crippen LogP contribution is 2.37. The van der Waals surface area contributed by atoms with Crippen LogP contribution in [0.1, 0.15) is 63.2 Å². The van der Waals surface area contributed by atoms with E-state index in [1.54, 1.807) is 17.8 Å². The van der Waals surface area contributed by atoms with Crippen LogP contribution >= 0.6 is 35.0 Å². The van der Waals surface area contributed by atoms with E-state index >= 15 is 0 Å². The molecule has 1 atom stereocenters. The number of Topliss-reactive ketones (excluding diaryl/α,β-unsaturated/α-hetero) is 1. The van der Waals surface area contributed by atoms with Gasteiger partial charge in [0, 0.05) is 28.1 Å². The van der Waals surface area contributed by atoms with Gasteiger partial charge in [0.25, 0.3) is 0 Å². The van der Waals surface area contributed by atoms with Crippen molar-refractivity contribution in [1.29, 1.82) is 0 Å². The molecule has 0 bridgehead atoms. The van der Waals surface area contributed by atoms with Crippen LogP contribution in [0.15, 0.2) is 18.2 Å². The Morgan fingerprint density at radius 3 is 2.57 bits per heavy atom. The number of carbonyl (C=O) groups excluding carboxylic acids is 1. The molecule has 0 aromatic heterocycles. The number of thioether (sulfide) groups is 1. The number of carbonyl (C=O) groups is 1. The average Bonchev–Trinajstić information content (AvgIpc) is 2.43. The molecule has 118 valence electrons. The van der Waals surface area contributed by atoms with Crippen molar-refractivity contribution < 1.29 is 4.79 Å². The lowest BCUT2D eigenvalue weighted by Gasteiger charge is -2.17. The van der Waals surface area contributed by atoms with Gasteiger partial charge in [0.2, 0.25) is 0 Å². The predicted molar refractivity (Wildman–Crippen MR) is 95.7 cm³/mol. The Kier molecular flexibility index (Phi) is 9.46. The molecule has 0 radical (unpaired) electrons. The Hall–Kier alpha value is -0.180. The minimum absolute atomic E-state index is 0.137. The Morgan fingerprint density at radius 2 is 1.95 bits per heavy atom. The molecule has 1 nitrogen and oxygen atoms in total. The summed E-state index contributed by atoms with van der Waals surface area (Å²) in [4.78, 5) is 12.2. The number of hydrogen-bond donors (Lipinski definition) is 0. The van der Waals surface area contributed by atoms with E-state index in [-0.39, 0.29) is 5.25 Å². The number of unbranched alkanes of at least 4 members (excludes halogenated alkanes) is 3. The fraction of sp³-hybridized carbons (Fsp3) is 0.588. The fourth-order valence-electron chi connectivity index (χ4n) is 2.28. The van der Waals surface area contributed by atoms with Gasteiger partial charge in [-0.3, -0.25) is 4.79 Å². The van der Waals surface area contributed by atoms with Crippen molar-refractivity contribution in [3.8, 4) is 0 Å². The minimum Gasteiger partial charge on any atom is -0.300 e. The molecule has 1 aromatic rings. The topological polar surface area (TPSA) is 17.1 Å². The summed E-state index contributed by atoms with van der Waals surface area (Å²) >= 11 is 14.0. The summed E-state index contributed by atoms with van der Waals surface area (Å²) in [5.41, 5.74) is 1.02. The second-order valence-electron chi connectivity index (χ2n) is 5.16. The lowest BCUT2D eigenvalue weighted by atomic mass is 10.0. The highest BCUT2D eigenvalue weighted by atomic mass is 35.5. The smallest absolute Gasteiger partial charge is 0.134 e. The van der Waals surface area contributed by atoms with Crippen molar-refractivity contribution >= 4 is 40.7 Å². The number of hydrogen-bond acceptors (Lipinski definition) is 2. The summed E-state index contributed by atoms with van der Waals surface area (Å²) in [7, 11) is 0. The summed E-state index contributed by atoms with van der Waals surface area (Å²) in [5.74, 6) is 1.30. The van der Waals surface area contributed by atoms with Gasteiger partial charge in [-0.25, -0.2) is 0 Å². The van der Waals surface area contributed by atoms with E-state index in [0.29, 0.717) is 28.7 Å². The molecular weight excluding hydrogens is 323 g/mol. The SMILES string of the molecule is CCCCCCC(=O)C[C@@H](SCC)c1ccc(Cl)cc1Cl. The van der Waals surface area contributed by atoms with E-state index in [9.17, 15) is 4.79 Å². The number of rotatable bonds is 10. The van der Waals surface area contributed by atoms with Gasteiger partial charge in [-0.2, -0.15) is 11.8 Å². The van der Waals surface area contributed by atoms with Crippen LogP contribution in [0.5, 0.6) is 0 Å². The van der Waals surface area contributed by atoms with Crippen LogP contribution in [0.2, 0.25) is 10.0 Å². The lowest BCUT2D eigenvalue weighted by Crippen LogP contribution is -2.06. The zero-order valence-corrected chi connectivity index (χ0v) is 15.2. The summed E-state index contributed by atoms with van der Waals surface area (Å²) in [6.07, 6.45) is 5.81. The molecule has 4 heteroatoms. The van der Waals surface area contributed by atoms with E-state index in [2.05, 4.69) is 13.8 Å². The molecule has 1 rings (SSSR count). The van der Waals surface area contributed by atoms with Crippen LogP contribution in [0.3, 0.4) is 0 Å². The normalized spacial score (nSPS) is 12.4. The third-order valence-corrected chi connectivity index (χ3v) is 5.12. The number of ketones is 1. The van der Waals surface area contributed by atoms with Gasteiger partial charge in [0.15, 0.2) is 0 Å². The molecule has 1 aromatic carbocycles. The first kappa shape index (κ1) is 18.9. The maximum Gasteiger partial charge on any atom is 0.134 e. The first-order valence-electron chi connectivity index (χ1n) is 7.66. The van der Waals surface area contributed by atoms with Gasteiger partial charge in [0.1, 0.15) is 5.78 Å². The molecule has 0 unspecified atom stereocenters. The molecule has 0 aliphatic carbocycles. The maximum atomic E-state index is 12.2. The van der Waals surface area contributed by atoms with Gasteiger partial charge in [-0.1, -0.05) is 62.4 Å². The van der Waals surface area contributed by atoms with E-state index in [1.807, 2.05) is 12.1 Å². The Bertz CT molecular complexity index is 448. The zero-order valence-electron chi connectivity index (χ0n) is 12.8. The summed E-state index contributed by atoms with van der Waals surface area (Å²) in [6, 6.07) is 5.55. The average molecular weight is 347 g/mol. The molecule has 0 spiro atoms. The molecule has 0 saturated heterocycles. The molecular formula is C17H24Cl2OS. The molecule has 0 heterocycles. The van der Waals surface area contributed by atoms with E-state index in [0.717, 1.165) is 24.2 Å². The van der Waals surface area contributed by atoms with Crippen LogP contribution in [0.25, 0.3) is 0 Å². The first-order valence-corrected chi connectivity index (χ1v) is 9.47. The van der Waals surface area contributed by atoms with Gasteiger partial charge in [0.05, 0.1) is 0 Å². The second kappa shape index (κ2) is 10.5. The van der Waals surface area contributed by atoms with Crippen molar-refractivity contribution in [3.05, 3.63) is 33.8 Å². The first-order chi connectivity index (χ1) is 10.1. The van der Waals surface area contributed by atoms with Gasteiger partial charge in [-0.05, 0) is 29.9 Å². The van der Waals surface area contributed by atoms with Gasteiger partial charge in [-0.15, -0.1) is 0 Å².